The Kier molecular flexibility index (Phi) is 5.12. The van der Waals surface area contributed by atoms with Crippen LogP contribution in [0.4, 0.5) is 0 Å². The molecule has 1 aliphatic rings. The van der Waals surface area contributed by atoms with E-state index in [0.29, 0.717) is 5.75 Å². The van der Waals surface area contributed by atoms with Crippen LogP contribution in [0, 0.1) is 13.8 Å². The lowest BCUT2D eigenvalue weighted by Gasteiger charge is -2.32. The summed E-state index contributed by atoms with van der Waals surface area (Å²) >= 11 is 4.50. The monoisotopic (exact) mass is 370 g/mol. The van der Waals surface area contributed by atoms with E-state index in [9.17, 15) is 0 Å². The zero-order chi connectivity index (χ0) is 19.1. The van der Waals surface area contributed by atoms with Crippen LogP contribution in [0.25, 0.3) is 11.8 Å². The molecule has 2 aromatic rings. The van der Waals surface area contributed by atoms with Crippen molar-refractivity contribution >= 4 is 25.8 Å². The van der Waals surface area contributed by atoms with Gasteiger partial charge in [0.25, 0.3) is 0 Å². The standard InChI is InChI=1S/C20H27BN2O2S/c1-14-10-15(2)23(22-14)18-9-7-8-16(12-18)11-17(13-26)21-24-19(3,4)20(5,6)25-21/h7-12,26H,13H2,1-6H3. The number of hydrogen-bond acceptors (Lipinski definition) is 4. The molecule has 0 saturated carbocycles. The van der Waals surface area contributed by atoms with E-state index in [-0.39, 0.29) is 18.3 Å². The molecule has 0 unspecified atom stereocenters. The van der Waals surface area contributed by atoms with Gasteiger partial charge in [-0.3, -0.25) is 0 Å². The summed E-state index contributed by atoms with van der Waals surface area (Å²) < 4.78 is 14.3. The van der Waals surface area contributed by atoms with Gasteiger partial charge in [0.15, 0.2) is 0 Å². The third-order valence-electron chi connectivity index (χ3n) is 5.22. The van der Waals surface area contributed by atoms with Crippen LogP contribution in [0.1, 0.15) is 44.6 Å². The summed E-state index contributed by atoms with van der Waals surface area (Å²) in [4.78, 5) is 0. The number of benzene rings is 1. The minimum atomic E-state index is -0.380. The third kappa shape index (κ3) is 3.64. The molecule has 2 heterocycles. The predicted octanol–water partition coefficient (Wildman–Crippen LogP) is 4.43. The first-order chi connectivity index (χ1) is 12.1. The van der Waals surface area contributed by atoms with Crippen molar-refractivity contribution in [3.8, 4) is 5.69 Å². The third-order valence-corrected chi connectivity index (χ3v) is 5.58. The van der Waals surface area contributed by atoms with Gasteiger partial charge in [-0.1, -0.05) is 18.2 Å². The van der Waals surface area contributed by atoms with Crippen molar-refractivity contribution in [2.45, 2.75) is 52.7 Å². The normalized spacial score (nSPS) is 19.2. The van der Waals surface area contributed by atoms with Crippen molar-refractivity contribution in [3.63, 3.8) is 0 Å². The average molecular weight is 370 g/mol. The first-order valence-corrected chi connectivity index (χ1v) is 9.57. The molecule has 6 heteroatoms. The Morgan fingerprint density at radius 3 is 2.35 bits per heavy atom. The minimum Gasteiger partial charge on any atom is -0.400 e. The molecule has 1 aromatic carbocycles. The maximum absolute atomic E-state index is 6.17. The molecule has 1 aromatic heterocycles. The van der Waals surface area contributed by atoms with Gasteiger partial charge in [-0.25, -0.2) is 4.68 Å². The molecule has 1 fully saturated rings. The quantitative estimate of drug-likeness (QED) is 0.639. The van der Waals surface area contributed by atoms with Crippen molar-refractivity contribution in [1.29, 1.82) is 0 Å². The molecule has 0 bridgehead atoms. The Bertz CT molecular complexity index is 826. The summed E-state index contributed by atoms with van der Waals surface area (Å²) in [5.41, 5.74) is 4.54. The highest BCUT2D eigenvalue weighted by molar-refractivity contribution is 7.80. The highest BCUT2D eigenvalue weighted by Crippen LogP contribution is 2.39. The largest absolute Gasteiger partial charge is 0.491 e. The molecule has 1 aliphatic heterocycles. The Hall–Kier alpha value is -1.50. The summed E-state index contributed by atoms with van der Waals surface area (Å²) in [6.07, 6.45) is 2.10. The molecule has 0 aliphatic carbocycles. The van der Waals surface area contributed by atoms with E-state index in [0.717, 1.165) is 28.1 Å². The zero-order valence-corrected chi connectivity index (χ0v) is 17.3. The zero-order valence-electron chi connectivity index (χ0n) is 16.4. The van der Waals surface area contributed by atoms with E-state index in [4.69, 9.17) is 9.31 Å². The smallest absolute Gasteiger partial charge is 0.400 e. The highest BCUT2D eigenvalue weighted by atomic mass is 32.1. The van der Waals surface area contributed by atoms with Crippen LogP contribution in [0.2, 0.25) is 0 Å². The summed E-state index contributed by atoms with van der Waals surface area (Å²) in [5.74, 6) is 0.570. The maximum Gasteiger partial charge on any atom is 0.491 e. The van der Waals surface area contributed by atoms with Gasteiger partial charge >= 0.3 is 7.12 Å². The molecule has 26 heavy (non-hydrogen) atoms. The Morgan fingerprint density at radius 2 is 1.81 bits per heavy atom. The van der Waals surface area contributed by atoms with Gasteiger partial charge in [0.1, 0.15) is 0 Å². The van der Waals surface area contributed by atoms with Crippen molar-refractivity contribution in [3.05, 3.63) is 52.8 Å². The molecular formula is C20H27BN2O2S. The molecule has 0 amide bonds. The Morgan fingerprint density at radius 1 is 1.15 bits per heavy atom. The first kappa shape index (κ1) is 19.3. The van der Waals surface area contributed by atoms with Gasteiger partial charge in [0.2, 0.25) is 0 Å². The Labute approximate surface area is 162 Å². The van der Waals surface area contributed by atoms with E-state index >= 15 is 0 Å². The van der Waals surface area contributed by atoms with Gasteiger partial charge in [0, 0.05) is 11.4 Å². The maximum atomic E-state index is 6.17. The van der Waals surface area contributed by atoms with E-state index in [2.05, 4.69) is 82.7 Å². The van der Waals surface area contributed by atoms with Gasteiger partial charge in [-0.15, -0.1) is 0 Å². The highest BCUT2D eigenvalue weighted by Gasteiger charge is 2.52. The lowest BCUT2D eigenvalue weighted by Crippen LogP contribution is -2.41. The van der Waals surface area contributed by atoms with Gasteiger partial charge in [-0.05, 0) is 70.8 Å². The molecule has 0 N–H and O–H groups in total. The van der Waals surface area contributed by atoms with E-state index in [1.807, 2.05) is 17.7 Å². The molecule has 0 radical (unpaired) electrons. The molecule has 0 atom stereocenters. The van der Waals surface area contributed by atoms with Crippen LogP contribution in [0.3, 0.4) is 0 Å². The van der Waals surface area contributed by atoms with Crippen molar-refractivity contribution < 1.29 is 9.31 Å². The molecule has 138 valence electrons. The lowest BCUT2D eigenvalue weighted by atomic mass is 9.78. The number of aromatic nitrogens is 2. The summed E-state index contributed by atoms with van der Waals surface area (Å²) in [6.45, 7) is 12.3. The average Bonchev–Trinajstić information content (AvgIpc) is 3.00. The number of hydrogen-bond donors (Lipinski definition) is 1. The minimum absolute atomic E-state index is 0.356. The fourth-order valence-electron chi connectivity index (χ4n) is 3.03. The van der Waals surface area contributed by atoms with Crippen LogP contribution in [-0.4, -0.2) is 33.9 Å². The van der Waals surface area contributed by atoms with Gasteiger partial charge in [0.05, 0.1) is 22.6 Å². The summed E-state index contributed by atoms with van der Waals surface area (Å²) in [6, 6.07) is 10.4. The van der Waals surface area contributed by atoms with Crippen molar-refractivity contribution in [2.75, 3.05) is 5.75 Å². The second kappa shape index (κ2) is 6.91. The van der Waals surface area contributed by atoms with Gasteiger partial charge < -0.3 is 9.31 Å². The van der Waals surface area contributed by atoms with Crippen LogP contribution in [0.15, 0.2) is 35.8 Å². The predicted molar refractivity (Wildman–Crippen MR) is 111 cm³/mol. The first-order valence-electron chi connectivity index (χ1n) is 8.93. The molecule has 0 spiro atoms. The van der Waals surface area contributed by atoms with Crippen LogP contribution in [-0.2, 0) is 9.31 Å². The van der Waals surface area contributed by atoms with E-state index in [1.54, 1.807) is 0 Å². The van der Waals surface area contributed by atoms with Gasteiger partial charge in [-0.2, -0.15) is 17.7 Å². The fraction of sp³-hybridized carbons (Fsp3) is 0.450. The number of rotatable bonds is 4. The lowest BCUT2D eigenvalue weighted by molar-refractivity contribution is 0.00578. The van der Waals surface area contributed by atoms with Crippen molar-refractivity contribution in [2.24, 2.45) is 0 Å². The van der Waals surface area contributed by atoms with Crippen LogP contribution < -0.4 is 0 Å². The molecule has 3 rings (SSSR count). The SMILES string of the molecule is Cc1cc(C)n(-c2cccc(C=C(CS)B3OC(C)(C)C(C)(C)O3)c2)n1. The topological polar surface area (TPSA) is 36.3 Å². The number of nitrogens with zero attached hydrogens (tertiary/aromatic N) is 2. The second-order valence-corrected chi connectivity index (χ2v) is 8.22. The van der Waals surface area contributed by atoms with E-state index < -0.39 is 0 Å². The summed E-state index contributed by atoms with van der Waals surface area (Å²) in [7, 11) is -0.380. The van der Waals surface area contributed by atoms with Crippen LogP contribution in [0.5, 0.6) is 0 Å². The van der Waals surface area contributed by atoms with Crippen molar-refractivity contribution in [1.82, 2.24) is 9.78 Å². The van der Waals surface area contributed by atoms with E-state index in [1.165, 1.54) is 0 Å². The Balaban J connectivity index is 1.91. The fourth-order valence-corrected chi connectivity index (χ4v) is 3.27. The number of aryl methyl sites for hydroxylation is 2. The summed E-state index contributed by atoms with van der Waals surface area (Å²) in [5, 5.41) is 4.57. The second-order valence-electron chi connectivity index (χ2n) is 7.90. The molecule has 1 saturated heterocycles. The van der Waals surface area contributed by atoms with Crippen LogP contribution >= 0.6 is 12.6 Å². The molecule has 4 nitrogen and oxygen atoms in total. The molecular weight excluding hydrogens is 343 g/mol. The number of thiol groups is 1.